The van der Waals surface area contributed by atoms with Crippen LogP contribution in [0.5, 0.6) is 5.75 Å². The Balaban J connectivity index is 2.21. The Morgan fingerprint density at radius 2 is 2.00 bits per heavy atom. The lowest BCUT2D eigenvalue weighted by Crippen LogP contribution is -2.24. The quantitative estimate of drug-likeness (QED) is 0.264. The van der Waals surface area contributed by atoms with Gasteiger partial charge in [0, 0.05) is 15.1 Å². The lowest BCUT2D eigenvalue weighted by atomic mass is 10.2. The summed E-state index contributed by atoms with van der Waals surface area (Å²) in [6.07, 6.45) is 1.45. The molecule has 8 heteroatoms. The number of hydrogen-bond donors (Lipinski definition) is 2. The summed E-state index contributed by atoms with van der Waals surface area (Å²) in [5.74, 6) is -0.150. The molecule has 118 valence electrons. The fourth-order valence-electron chi connectivity index (χ4n) is 1.62. The number of esters is 1. The number of carbonyl (C=O) groups is 1. The molecule has 2 rings (SSSR count). The average Bonchev–Trinajstić information content (AvgIpc) is 2.50. The molecular formula is C15H11BrClN3O2S. The predicted octanol–water partition coefficient (Wildman–Crippen LogP) is 3.49. The minimum atomic E-state index is -0.499. The highest BCUT2D eigenvalue weighted by atomic mass is 79.9. The van der Waals surface area contributed by atoms with Crippen molar-refractivity contribution in [3.8, 4) is 5.75 Å². The molecule has 3 N–H and O–H groups in total. The number of rotatable bonds is 4. The Bertz CT molecular complexity index is 766. The van der Waals surface area contributed by atoms with Gasteiger partial charge in [-0.05, 0) is 54.7 Å². The van der Waals surface area contributed by atoms with Gasteiger partial charge in [0.1, 0.15) is 5.75 Å². The van der Waals surface area contributed by atoms with Gasteiger partial charge < -0.3 is 10.5 Å². The maximum absolute atomic E-state index is 12.2. The summed E-state index contributed by atoms with van der Waals surface area (Å²) in [4.78, 5) is 12.2. The minimum absolute atomic E-state index is 0.0379. The normalized spacial score (nSPS) is 10.5. The van der Waals surface area contributed by atoms with E-state index in [4.69, 9.17) is 22.1 Å². The standard InChI is InChI=1S/C15H11BrClN3O2S/c16-11-3-6-13(10(7-11)8-19-20-15(18)23)22-14(21)9-1-4-12(17)5-2-9/h1-8H,(H3,18,20,23). The van der Waals surface area contributed by atoms with Gasteiger partial charge in [-0.3, -0.25) is 5.43 Å². The van der Waals surface area contributed by atoms with Crippen LogP contribution in [0.4, 0.5) is 0 Å². The van der Waals surface area contributed by atoms with Gasteiger partial charge in [0.2, 0.25) is 0 Å². The van der Waals surface area contributed by atoms with Gasteiger partial charge in [-0.1, -0.05) is 27.5 Å². The van der Waals surface area contributed by atoms with Crippen LogP contribution >= 0.6 is 39.7 Å². The van der Waals surface area contributed by atoms with Crippen LogP contribution in [0.1, 0.15) is 15.9 Å². The van der Waals surface area contributed by atoms with Crippen molar-refractivity contribution in [1.82, 2.24) is 5.43 Å². The van der Waals surface area contributed by atoms with Gasteiger partial charge in [0.15, 0.2) is 5.11 Å². The van der Waals surface area contributed by atoms with Gasteiger partial charge >= 0.3 is 5.97 Å². The lowest BCUT2D eigenvalue weighted by molar-refractivity contribution is 0.0734. The van der Waals surface area contributed by atoms with Crippen molar-refractivity contribution in [1.29, 1.82) is 0 Å². The van der Waals surface area contributed by atoms with Crippen LogP contribution in [-0.2, 0) is 0 Å². The first-order valence-corrected chi connectivity index (χ1v) is 7.89. The van der Waals surface area contributed by atoms with E-state index >= 15 is 0 Å². The molecule has 0 saturated heterocycles. The van der Waals surface area contributed by atoms with Crippen LogP contribution in [-0.4, -0.2) is 17.3 Å². The van der Waals surface area contributed by atoms with Crippen molar-refractivity contribution < 1.29 is 9.53 Å². The topological polar surface area (TPSA) is 76.7 Å². The van der Waals surface area contributed by atoms with E-state index < -0.39 is 5.97 Å². The minimum Gasteiger partial charge on any atom is -0.422 e. The number of nitrogens with two attached hydrogens (primary N) is 1. The van der Waals surface area contributed by atoms with Gasteiger partial charge in [-0.25, -0.2) is 4.79 Å². The number of ether oxygens (including phenoxy) is 1. The molecule has 0 unspecified atom stereocenters. The Kier molecular flexibility index (Phi) is 6.09. The number of carbonyl (C=O) groups excluding carboxylic acids is 1. The van der Waals surface area contributed by atoms with Crippen LogP contribution in [0, 0.1) is 0 Å². The summed E-state index contributed by atoms with van der Waals surface area (Å²) in [7, 11) is 0. The first-order valence-electron chi connectivity index (χ1n) is 6.31. The molecule has 0 aromatic heterocycles. The molecule has 0 aliphatic rings. The molecule has 0 aliphatic carbocycles. The smallest absolute Gasteiger partial charge is 0.343 e. The Labute approximate surface area is 151 Å². The number of hydrogen-bond acceptors (Lipinski definition) is 4. The molecule has 0 amide bonds. The molecule has 0 bridgehead atoms. The zero-order chi connectivity index (χ0) is 16.8. The highest BCUT2D eigenvalue weighted by Crippen LogP contribution is 2.23. The fourth-order valence-corrected chi connectivity index (χ4v) is 2.18. The number of halogens is 2. The van der Waals surface area contributed by atoms with E-state index in [0.717, 1.165) is 4.47 Å². The number of benzene rings is 2. The Hall–Kier alpha value is -1.96. The third-order valence-electron chi connectivity index (χ3n) is 2.63. The largest absolute Gasteiger partial charge is 0.422 e. The van der Waals surface area contributed by atoms with Crippen molar-refractivity contribution in [2.45, 2.75) is 0 Å². The van der Waals surface area contributed by atoms with E-state index in [1.807, 2.05) is 0 Å². The molecule has 5 nitrogen and oxygen atoms in total. The first kappa shape index (κ1) is 17.4. The van der Waals surface area contributed by atoms with E-state index in [1.54, 1.807) is 42.5 Å². The summed E-state index contributed by atoms with van der Waals surface area (Å²) in [6.45, 7) is 0. The highest BCUT2D eigenvalue weighted by Gasteiger charge is 2.11. The second kappa shape index (κ2) is 8.05. The molecule has 2 aromatic carbocycles. The fraction of sp³-hybridized carbons (Fsp3) is 0. The van der Waals surface area contributed by atoms with Crippen LogP contribution < -0.4 is 15.9 Å². The van der Waals surface area contributed by atoms with Gasteiger partial charge in [-0.15, -0.1) is 0 Å². The molecule has 2 aromatic rings. The second-order valence-corrected chi connectivity index (χ2v) is 6.10. The van der Waals surface area contributed by atoms with Gasteiger partial charge in [-0.2, -0.15) is 5.10 Å². The van der Waals surface area contributed by atoms with Crippen molar-refractivity contribution >= 4 is 57.0 Å². The summed E-state index contributed by atoms with van der Waals surface area (Å²) in [6, 6.07) is 11.6. The molecule has 0 spiro atoms. The zero-order valence-electron chi connectivity index (χ0n) is 11.6. The number of nitrogens with one attached hydrogen (secondary N) is 1. The maximum atomic E-state index is 12.2. The van der Waals surface area contributed by atoms with E-state index in [2.05, 4.69) is 38.7 Å². The Morgan fingerprint density at radius 3 is 2.65 bits per heavy atom. The molecule has 23 heavy (non-hydrogen) atoms. The van der Waals surface area contributed by atoms with Crippen LogP contribution in [0.25, 0.3) is 0 Å². The van der Waals surface area contributed by atoms with Crippen molar-refractivity contribution in [3.63, 3.8) is 0 Å². The first-order chi connectivity index (χ1) is 11.0. The number of thiocarbonyl (C=S) groups is 1. The lowest BCUT2D eigenvalue weighted by Gasteiger charge is -2.08. The summed E-state index contributed by atoms with van der Waals surface area (Å²) < 4.78 is 6.20. The maximum Gasteiger partial charge on any atom is 0.343 e. The number of hydrazone groups is 1. The monoisotopic (exact) mass is 411 g/mol. The van der Waals surface area contributed by atoms with E-state index in [-0.39, 0.29) is 5.11 Å². The van der Waals surface area contributed by atoms with E-state index in [1.165, 1.54) is 6.21 Å². The van der Waals surface area contributed by atoms with E-state index in [9.17, 15) is 4.79 Å². The molecule has 0 radical (unpaired) electrons. The Morgan fingerprint density at radius 1 is 1.30 bits per heavy atom. The van der Waals surface area contributed by atoms with Crippen LogP contribution in [0.2, 0.25) is 5.02 Å². The molecule has 0 heterocycles. The number of nitrogens with zero attached hydrogens (tertiary/aromatic N) is 1. The van der Waals surface area contributed by atoms with Crippen LogP contribution in [0.3, 0.4) is 0 Å². The molecule has 0 atom stereocenters. The third-order valence-corrected chi connectivity index (χ3v) is 3.47. The molecule has 0 saturated carbocycles. The van der Waals surface area contributed by atoms with Crippen molar-refractivity contribution in [2.24, 2.45) is 10.8 Å². The third kappa shape index (κ3) is 5.31. The molecular weight excluding hydrogens is 402 g/mol. The summed E-state index contributed by atoms with van der Waals surface area (Å²) in [5, 5.41) is 4.45. The molecule has 0 aliphatic heterocycles. The summed E-state index contributed by atoms with van der Waals surface area (Å²) in [5.41, 5.74) is 8.70. The van der Waals surface area contributed by atoms with Crippen molar-refractivity contribution in [2.75, 3.05) is 0 Å². The second-order valence-electron chi connectivity index (χ2n) is 4.31. The van der Waals surface area contributed by atoms with E-state index in [0.29, 0.717) is 21.9 Å². The van der Waals surface area contributed by atoms with Crippen molar-refractivity contribution in [3.05, 3.63) is 63.1 Å². The predicted molar refractivity (Wildman–Crippen MR) is 98.1 cm³/mol. The summed E-state index contributed by atoms with van der Waals surface area (Å²) >= 11 is 13.8. The average molecular weight is 413 g/mol. The van der Waals surface area contributed by atoms with Gasteiger partial charge in [0.05, 0.1) is 11.8 Å². The molecule has 0 fully saturated rings. The van der Waals surface area contributed by atoms with Crippen LogP contribution in [0.15, 0.2) is 52.0 Å². The SMILES string of the molecule is NC(=S)NN=Cc1cc(Br)ccc1OC(=O)c1ccc(Cl)cc1. The highest BCUT2D eigenvalue weighted by molar-refractivity contribution is 9.10. The zero-order valence-corrected chi connectivity index (χ0v) is 14.8. The van der Waals surface area contributed by atoms with Gasteiger partial charge in [0.25, 0.3) is 0 Å².